The first kappa shape index (κ1) is 19.1. The fourth-order valence-electron chi connectivity index (χ4n) is 5.58. The van der Waals surface area contributed by atoms with Crippen LogP contribution in [0.25, 0.3) is 0 Å². The van der Waals surface area contributed by atoms with Crippen molar-refractivity contribution in [2.24, 2.45) is 17.8 Å². The van der Waals surface area contributed by atoms with Gasteiger partial charge in [0.1, 0.15) is 5.76 Å². The van der Waals surface area contributed by atoms with Gasteiger partial charge in [0.05, 0.1) is 5.92 Å². The summed E-state index contributed by atoms with van der Waals surface area (Å²) in [6.45, 7) is 8.80. The molecule has 3 saturated heterocycles. The molecule has 1 aromatic rings. The van der Waals surface area contributed by atoms with Crippen molar-refractivity contribution >= 4 is 11.8 Å². The molecule has 7 heteroatoms. The Bertz CT molecular complexity index is 794. The summed E-state index contributed by atoms with van der Waals surface area (Å²) in [4.78, 5) is 29.9. The molecule has 0 aromatic carbocycles. The molecule has 1 aliphatic carbocycles. The average molecular weight is 401 g/mol. The second-order valence-electron chi connectivity index (χ2n) is 9.77. The molecule has 1 saturated carbocycles. The summed E-state index contributed by atoms with van der Waals surface area (Å²) in [7, 11) is 0. The predicted molar refractivity (Wildman–Crippen MR) is 107 cm³/mol. The van der Waals surface area contributed by atoms with Crippen LogP contribution in [0.5, 0.6) is 0 Å². The van der Waals surface area contributed by atoms with Crippen molar-refractivity contribution in [2.45, 2.75) is 57.4 Å². The van der Waals surface area contributed by atoms with E-state index in [9.17, 15) is 9.59 Å². The zero-order valence-electron chi connectivity index (χ0n) is 17.5. The van der Waals surface area contributed by atoms with Crippen LogP contribution in [0.2, 0.25) is 0 Å². The van der Waals surface area contributed by atoms with Crippen molar-refractivity contribution < 1.29 is 14.1 Å². The number of hydrogen-bond acceptors (Lipinski definition) is 5. The van der Waals surface area contributed by atoms with Gasteiger partial charge in [-0.25, -0.2) is 0 Å². The molecular formula is C22H32N4O3. The summed E-state index contributed by atoms with van der Waals surface area (Å²) in [5.74, 6) is 2.62. The van der Waals surface area contributed by atoms with Crippen molar-refractivity contribution in [3.05, 3.63) is 17.5 Å². The van der Waals surface area contributed by atoms with Crippen LogP contribution in [0.15, 0.2) is 10.6 Å². The molecule has 1 N–H and O–H groups in total. The van der Waals surface area contributed by atoms with Gasteiger partial charge in [-0.15, -0.1) is 0 Å². The molecule has 0 unspecified atom stereocenters. The number of fused-ring (bicyclic) bond motifs is 2. The molecule has 29 heavy (non-hydrogen) atoms. The SMILES string of the molecule is CC[C@H](C)CN1C[C@H]2C(=O)NC3(CCN(C(=O)c4cc(C5CC5)on4)CC3)[C@H]2C1. The predicted octanol–water partition coefficient (Wildman–Crippen LogP) is 2.25. The Hall–Kier alpha value is -1.89. The van der Waals surface area contributed by atoms with Gasteiger partial charge in [0.15, 0.2) is 5.69 Å². The van der Waals surface area contributed by atoms with Crippen molar-refractivity contribution in [1.29, 1.82) is 0 Å². The Labute approximate surface area is 172 Å². The molecule has 3 aliphatic heterocycles. The van der Waals surface area contributed by atoms with Gasteiger partial charge in [0, 0.05) is 56.2 Å². The van der Waals surface area contributed by atoms with Crippen LogP contribution in [-0.4, -0.2) is 65.0 Å². The Morgan fingerprint density at radius 1 is 1.34 bits per heavy atom. The van der Waals surface area contributed by atoms with Gasteiger partial charge < -0.3 is 19.6 Å². The zero-order valence-corrected chi connectivity index (χ0v) is 17.5. The third-order valence-electron chi connectivity index (χ3n) is 7.75. The van der Waals surface area contributed by atoms with Crippen molar-refractivity contribution in [2.75, 3.05) is 32.7 Å². The van der Waals surface area contributed by atoms with Gasteiger partial charge in [-0.3, -0.25) is 9.59 Å². The van der Waals surface area contributed by atoms with Crippen LogP contribution >= 0.6 is 0 Å². The standard InChI is InChI=1S/C22H32N4O3/c1-3-14(2)11-25-12-16-17(13-25)22(23-20(16)27)6-8-26(9-7-22)21(28)18-10-19(29-24-18)15-4-5-15/h10,14-17H,3-9,11-13H2,1-2H3,(H,23,27)/t14-,16+,17-/m0/s1. The van der Waals surface area contributed by atoms with Crippen molar-refractivity contribution in [3.8, 4) is 0 Å². The molecule has 158 valence electrons. The number of aromatic nitrogens is 1. The van der Waals surface area contributed by atoms with E-state index < -0.39 is 0 Å². The highest BCUT2D eigenvalue weighted by molar-refractivity contribution is 5.92. The maximum atomic E-state index is 12.9. The van der Waals surface area contributed by atoms with Gasteiger partial charge in [-0.05, 0) is 31.6 Å². The number of piperidine rings is 1. The number of nitrogens with zero attached hydrogens (tertiary/aromatic N) is 3. The molecular weight excluding hydrogens is 368 g/mol. The molecule has 7 nitrogen and oxygen atoms in total. The van der Waals surface area contributed by atoms with E-state index in [1.165, 1.54) is 6.42 Å². The summed E-state index contributed by atoms with van der Waals surface area (Å²) in [6, 6.07) is 1.82. The number of carbonyl (C=O) groups excluding carboxylic acids is 2. The molecule has 1 aromatic heterocycles. The molecule has 4 fully saturated rings. The molecule has 5 rings (SSSR count). The summed E-state index contributed by atoms with van der Waals surface area (Å²) < 4.78 is 5.36. The van der Waals surface area contributed by atoms with E-state index in [1.54, 1.807) is 0 Å². The minimum absolute atomic E-state index is 0.0406. The van der Waals surface area contributed by atoms with E-state index in [0.717, 1.165) is 51.1 Å². The normalized spacial score (nSPS) is 29.9. The largest absolute Gasteiger partial charge is 0.360 e. The minimum atomic E-state index is -0.147. The average Bonchev–Trinajstić information content (AvgIpc) is 3.20. The van der Waals surface area contributed by atoms with E-state index >= 15 is 0 Å². The van der Waals surface area contributed by atoms with Gasteiger partial charge >= 0.3 is 0 Å². The smallest absolute Gasteiger partial charge is 0.276 e. The molecule has 4 aliphatic rings. The van der Waals surface area contributed by atoms with Gasteiger partial charge in [0.25, 0.3) is 5.91 Å². The summed E-state index contributed by atoms with van der Waals surface area (Å²) in [5, 5.41) is 7.36. The topological polar surface area (TPSA) is 78.7 Å². The second-order valence-corrected chi connectivity index (χ2v) is 9.77. The van der Waals surface area contributed by atoms with Crippen molar-refractivity contribution in [3.63, 3.8) is 0 Å². The van der Waals surface area contributed by atoms with Gasteiger partial charge in [0.2, 0.25) is 5.91 Å². The Kier molecular flexibility index (Phi) is 4.68. The Morgan fingerprint density at radius 3 is 2.79 bits per heavy atom. The van der Waals surface area contributed by atoms with Crippen LogP contribution in [0.3, 0.4) is 0 Å². The number of hydrogen-bond donors (Lipinski definition) is 1. The molecule has 2 amide bonds. The number of carbonyl (C=O) groups is 2. The van der Waals surface area contributed by atoms with E-state index in [1.807, 2.05) is 11.0 Å². The lowest BCUT2D eigenvalue weighted by molar-refractivity contribution is -0.123. The summed E-state index contributed by atoms with van der Waals surface area (Å²) in [5.41, 5.74) is 0.280. The molecule has 4 heterocycles. The van der Waals surface area contributed by atoms with Gasteiger partial charge in [-0.2, -0.15) is 0 Å². The third-order valence-corrected chi connectivity index (χ3v) is 7.75. The minimum Gasteiger partial charge on any atom is -0.360 e. The number of amides is 2. The number of rotatable bonds is 5. The Balaban J connectivity index is 1.23. The third kappa shape index (κ3) is 3.37. The first-order chi connectivity index (χ1) is 14.0. The lowest BCUT2D eigenvalue weighted by Gasteiger charge is -2.42. The lowest BCUT2D eigenvalue weighted by Crippen LogP contribution is -2.56. The maximum Gasteiger partial charge on any atom is 0.276 e. The maximum absolute atomic E-state index is 12.9. The zero-order chi connectivity index (χ0) is 20.2. The van der Waals surface area contributed by atoms with E-state index in [-0.39, 0.29) is 23.3 Å². The Morgan fingerprint density at radius 2 is 2.10 bits per heavy atom. The monoisotopic (exact) mass is 400 g/mol. The van der Waals surface area contributed by atoms with E-state index in [0.29, 0.717) is 36.5 Å². The number of nitrogens with one attached hydrogen (secondary N) is 1. The van der Waals surface area contributed by atoms with Crippen molar-refractivity contribution in [1.82, 2.24) is 20.3 Å². The van der Waals surface area contributed by atoms with E-state index in [4.69, 9.17) is 4.52 Å². The summed E-state index contributed by atoms with van der Waals surface area (Å²) in [6.07, 6.45) is 5.09. The lowest BCUT2D eigenvalue weighted by atomic mass is 9.75. The molecule has 0 radical (unpaired) electrons. The number of likely N-dealkylation sites (tertiary alicyclic amines) is 2. The molecule has 1 spiro atoms. The van der Waals surface area contributed by atoms with E-state index in [2.05, 4.69) is 29.2 Å². The first-order valence-corrected chi connectivity index (χ1v) is 11.3. The first-order valence-electron chi connectivity index (χ1n) is 11.3. The van der Waals surface area contributed by atoms with Crippen LogP contribution < -0.4 is 5.32 Å². The molecule has 3 atom stereocenters. The highest BCUT2D eigenvalue weighted by Gasteiger charge is 2.57. The van der Waals surface area contributed by atoms with Crippen LogP contribution in [0.4, 0.5) is 0 Å². The van der Waals surface area contributed by atoms with Gasteiger partial charge in [-0.1, -0.05) is 25.4 Å². The van der Waals surface area contributed by atoms with Crippen LogP contribution in [0, 0.1) is 17.8 Å². The fourth-order valence-corrected chi connectivity index (χ4v) is 5.58. The highest BCUT2D eigenvalue weighted by Crippen LogP contribution is 2.44. The second kappa shape index (κ2) is 7.11. The van der Waals surface area contributed by atoms with Crippen LogP contribution in [-0.2, 0) is 4.79 Å². The highest BCUT2D eigenvalue weighted by atomic mass is 16.5. The van der Waals surface area contributed by atoms with Crippen LogP contribution in [0.1, 0.15) is 68.1 Å². The quantitative estimate of drug-likeness (QED) is 0.820. The molecule has 0 bridgehead atoms. The summed E-state index contributed by atoms with van der Waals surface area (Å²) >= 11 is 0. The fraction of sp³-hybridized carbons (Fsp3) is 0.773.